The van der Waals surface area contributed by atoms with Crippen LogP contribution in [0, 0.1) is 0 Å². The Hall–Kier alpha value is -2.86. The van der Waals surface area contributed by atoms with E-state index in [2.05, 4.69) is 10.6 Å². The van der Waals surface area contributed by atoms with Crippen molar-refractivity contribution in [3.8, 4) is 0 Å². The summed E-state index contributed by atoms with van der Waals surface area (Å²) in [5.41, 5.74) is 6.63. The minimum Gasteiger partial charge on any atom is -0.366 e. The zero-order chi connectivity index (χ0) is 18.2. The number of anilines is 1. The van der Waals surface area contributed by atoms with Crippen LogP contribution in [-0.2, 0) is 4.79 Å². The first-order chi connectivity index (χ1) is 12.0. The molecule has 6 nitrogen and oxygen atoms in total. The molecule has 0 heterocycles. The van der Waals surface area contributed by atoms with Gasteiger partial charge in [0.05, 0.1) is 0 Å². The van der Waals surface area contributed by atoms with E-state index in [9.17, 15) is 14.4 Å². The van der Waals surface area contributed by atoms with Crippen LogP contribution >= 0.6 is 11.6 Å². The molecule has 2 aromatic carbocycles. The smallest absolute Gasteiger partial charge is 0.251 e. The summed E-state index contributed by atoms with van der Waals surface area (Å²) in [6.45, 7) is 0.384. The molecular formula is C18H18ClN3O3. The molecule has 0 radical (unpaired) electrons. The molecule has 2 rings (SSSR count). The van der Waals surface area contributed by atoms with Crippen molar-refractivity contribution in [1.82, 2.24) is 5.32 Å². The number of hydrogen-bond donors (Lipinski definition) is 3. The van der Waals surface area contributed by atoms with Crippen LogP contribution in [0.4, 0.5) is 5.69 Å². The number of primary amides is 1. The SMILES string of the molecule is NC(=O)c1ccc(NC(=O)CCCNC(=O)c2ccc(Cl)cc2)cc1. The fourth-order valence-corrected chi connectivity index (χ4v) is 2.22. The van der Waals surface area contributed by atoms with Crippen LogP contribution in [0.3, 0.4) is 0 Å². The van der Waals surface area contributed by atoms with Gasteiger partial charge >= 0.3 is 0 Å². The van der Waals surface area contributed by atoms with E-state index in [4.69, 9.17) is 17.3 Å². The Bertz CT molecular complexity index is 758. The summed E-state index contributed by atoms with van der Waals surface area (Å²) in [6, 6.07) is 12.9. The highest BCUT2D eigenvalue weighted by Gasteiger charge is 2.07. The van der Waals surface area contributed by atoms with E-state index in [0.29, 0.717) is 34.8 Å². The molecule has 0 bridgehead atoms. The van der Waals surface area contributed by atoms with Crippen LogP contribution in [-0.4, -0.2) is 24.3 Å². The minimum absolute atomic E-state index is 0.174. The van der Waals surface area contributed by atoms with Gasteiger partial charge in [0.25, 0.3) is 5.91 Å². The first-order valence-electron chi connectivity index (χ1n) is 7.69. The van der Waals surface area contributed by atoms with Crippen LogP contribution in [0.1, 0.15) is 33.6 Å². The van der Waals surface area contributed by atoms with E-state index < -0.39 is 5.91 Å². The third-order valence-corrected chi connectivity index (χ3v) is 3.68. The molecular weight excluding hydrogens is 342 g/mol. The van der Waals surface area contributed by atoms with Crippen LogP contribution < -0.4 is 16.4 Å². The molecule has 0 fully saturated rings. The zero-order valence-electron chi connectivity index (χ0n) is 13.4. The fraction of sp³-hybridized carbons (Fsp3) is 0.167. The van der Waals surface area contributed by atoms with Crippen molar-refractivity contribution in [1.29, 1.82) is 0 Å². The normalized spacial score (nSPS) is 10.1. The Balaban J connectivity index is 1.70. The predicted molar refractivity (Wildman–Crippen MR) is 96.6 cm³/mol. The average molecular weight is 360 g/mol. The lowest BCUT2D eigenvalue weighted by molar-refractivity contribution is -0.116. The van der Waals surface area contributed by atoms with Crippen molar-refractivity contribution in [2.75, 3.05) is 11.9 Å². The molecule has 130 valence electrons. The summed E-state index contributed by atoms with van der Waals surface area (Å²) in [4.78, 5) is 34.7. The minimum atomic E-state index is -0.519. The molecule has 2 aromatic rings. The molecule has 0 saturated carbocycles. The van der Waals surface area contributed by atoms with Gasteiger partial charge in [-0.1, -0.05) is 11.6 Å². The van der Waals surface area contributed by atoms with Gasteiger partial charge in [-0.25, -0.2) is 0 Å². The van der Waals surface area contributed by atoms with Crippen molar-refractivity contribution in [2.45, 2.75) is 12.8 Å². The number of nitrogens with one attached hydrogen (secondary N) is 2. The van der Waals surface area contributed by atoms with Crippen molar-refractivity contribution in [3.63, 3.8) is 0 Å². The predicted octanol–water partition coefficient (Wildman–Crippen LogP) is 2.59. The maximum atomic E-state index is 11.9. The maximum absolute atomic E-state index is 11.9. The van der Waals surface area contributed by atoms with Gasteiger partial charge in [-0.05, 0) is 55.0 Å². The van der Waals surface area contributed by atoms with Crippen LogP contribution in [0.15, 0.2) is 48.5 Å². The number of nitrogens with two attached hydrogens (primary N) is 1. The second-order valence-electron chi connectivity index (χ2n) is 5.36. The molecule has 3 amide bonds. The van der Waals surface area contributed by atoms with Gasteiger partial charge in [-0.15, -0.1) is 0 Å². The van der Waals surface area contributed by atoms with Gasteiger partial charge in [-0.3, -0.25) is 14.4 Å². The lowest BCUT2D eigenvalue weighted by Gasteiger charge is -2.07. The third kappa shape index (κ3) is 5.93. The Kier molecular flexibility index (Phi) is 6.54. The van der Waals surface area contributed by atoms with Gasteiger partial charge < -0.3 is 16.4 Å². The fourth-order valence-electron chi connectivity index (χ4n) is 2.10. The zero-order valence-corrected chi connectivity index (χ0v) is 14.2. The summed E-state index contributed by atoms with van der Waals surface area (Å²) >= 11 is 5.77. The van der Waals surface area contributed by atoms with E-state index in [-0.39, 0.29) is 18.2 Å². The van der Waals surface area contributed by atoms with E-state index >= 15 is 0 Å². The molecule has 0 atom stereocenters. The first kappa shape index (κ1) is 18.5. The van der Waals surface area contributed by atoms with Crippen LogP contribution in [0.5, 0.6) is 0 Å². The highest BCUT2D eigenvalue weighted by molar-refractivity contribution is 6.30. The summed E-state index contributed by atoms with van der Waals surface area (Å²) in [7, 11) is 0. The summed E-state index contributed by atoms with van der Waals surface area (Å²) < 4.78 is 0. The van der Waals surface area contributed by atoms with Crippen molar-refractivity contribution >= 4 is 35.0 Å². The van der Waals surface area contributed by atoms with Crippen LogP contribution in [0.2, 0.25) is 5.02 Å². The quantitative estimate of drug-likeness (QED) is 0.662. The molecule has 0 saturated heterocycles. The standard InChI is InChI=1S/C18H18ClN3O3/c19-14-7-3-13(4-8-14)18(25)21-11-1-2-16(23)22-15-9-5-12(6-10-15)17(20)24/h3-10H,1-2,11H2,(H2,20,24)(H,21,25)(H,22,23). The highest BCUT2D eigenvalue weighted by Crippen LogP contribution is 2.10. The summed E-state index contributed by atoms with van der Waals surface area (Å²) in [5, 5.41) is 6.03. The van der Waals surface area contributed by atoms with Gasteiger partial charge in [0.2, 0.25) is 11.8 Å². The summed E-state index contributed by atoms with van der Waals surface area (Å²) in [6.07, 6.45) is 0.767. The number of benzene rings is 2. The molecule has 0 aliphatic heterocycles. The van der Waals surface area contributed by atoms with Crippen molar-refractivity contribution in [3.05, 3.63) is 64.7 Å². The molecule has 4 N–H and O–H groups in total. The van der Waals surface area contributed by atoms with E-state index in [1.54, 1.807) is 48.5 Å². The lowest BCUT2D eigenvalue weighted by Crippen LogP contribution is -2.25. The Morgan fingerprint density at radius 3 is 2.12 bits per heavy atom. The van der Waals surface area contributed by atoms with E-state index in [1.165, 1.54) is 0 Å². The van der Waals surface area contributed by atoms with Gasteiger partial charge in [0.15, 0.2) is 0 Å². The average Bonchev–Trinajstić information content (AvgIpc) is 2.59. The second-order valence-corrected chi connectivity index (χ2v) is 5.79. The van der Waals surface area contributed by atoms with Gasteiger partial charge in [0.1, 0.15) is 0 Å². The maximum Gasteiger partial charge on any atom is 0.251 e. The van der Waals surface area contributed by atoms with Crippen molar-refractivity contribution < 1.29 is 14.4 Å². The second kappa shape index (κ2) is 8.84. The Morgan fingerprint density at radius 1 is 0.920 bits per heavy atom. The first-order valence-corrected chi connectivity index (χ1v) is 8.07. The molecule has 25 heavy (non-hydrogen) atoms. The van der Waals surface area contributed by atoms with E-state index in [0.717, 1.165) is 0 Å². The molecule has 0 unspecified atom stereocenters. The number of rotatable bonds is 7. The summed E-state index contributed by atoms with van der Waals surface area (Å²) in [5.74, 6) is -0.902. The van der Waals surface area contributed by atoms with Crippen LogP contribution in [0.25, 0.3) is 0 Å². The molecule has 0 aliphatic carbocycles. The third-order valence-electron chi connectivity index (χ3n) is 3.43. The molecule has 0 aliphatic rings. The lowest BCUT2D eigenvalue weighted by atomic mass is 10.2. The number of carbonyl (C=O) groups excluding carboxylic acids is 3. The number of halogens is 1. The number of amides is 3. The molecule has 0 aromatic heterocycles. The Labute approximate surface area is 150 Å². The molecule has 0 spiro atoms. The van der Waals surface area contributed by atoms with Crippen molar-refractivity contribution in [2.24, 2.45) is 5.73 Å². The van der Waals surface area contributed by atoms with E-state index in [1.807, 2.05) is 0 Å². The number of hydrogen-bond acceptors (Lipinski definition) is 3. The van der Waals surface area contributed by atoms with Gasteiger partial charge in [-0.2, -0.15) is 0 Å². The largest absolute Gasteiger partial charge is 0.366 e. The molecule has 7 heteroatoms. The monoisotopic (exact) mass is 359 g/mol. The Morgan fingerprint density at radius 2 is 1.52 bits per heavy atom. The number of carbonyl (C=O) groups is 3. The highest BCUT2D eigenvalue weighted by atomic mass is 35.5. The topological polar surface area (TPSA) is 101 Å². The van der Waals surface area contributed by atoms with Gasteiger partial charge in [0, 0.05) is 34.8 Å².